The highest BCUT2D eigenvalue weighted by molar-refractivity contribution is 5.74. The second-order valence-corrected chi connectivity index (χ2v) is 13.8. The number of nitrogens with zero attached hydrogens (tertiary/aromatic N) is 6. The Morgan fingerprint density at radius 3 is 1.27 bits per heavy atom. The summed E-state index contributed by atoms with van der Waals surface area (Å²) in [5, 5.41) is 18.6. The second kappa shape index (κ2) is 15.0. The number of para-hydroxylation sites is 4. The van der Waals surface area contributed by atoms with Crippen LogP contribution in [0.15, 0.2) is 109 Å². The van der Waals surface area contributed by atoms with Gasteiger partial charge in [-0.1, -0.05) is 98.8 Å². The van der Waals surface area contributed by atoms with Gasteiger partial charge >= 0.3 is 0 Å². The summed E-state index contributed by atoms with van der Waals surface area (Å²) in [6.07, 6.45) is 6.86. The molecule has 2 atom stereocenters. The van der Waals surface area contributed by atoms with Gasteiger partial charge in [0.15, 0.2) is 0 Å². The average molecular weight is 645 g/mol. The van der Waals surface area contributed by atoms with E-state index in [1.165, 1.54) is 0 Å². The molecule has 0 amide bonds. The Balaban J connectivity index is 1.35. The predicted octanol–water partition coefficient (Wildman–Crippen LogP) is 9.77. The second-order valence-electron chi connectivity index (χ2n) is 13.8. The Kier molecular flexibility index (Phi) is 10.4. The van der Waals surface area contributed by atoms with E-state index in [4.69, 9.17) is 19.9 Å². The van der Waals surface area contributed by atoms with Crippen molar-refractivity contribution in [1.29, 1.82) is 0 Å². The van der Waals surface area contributed by atoms with Gasteiger partial charge in [-0.25, -0.2) is 9.36 Å². The molecule has 0 aliphatic carbocycles. The molecule has 6 rings (SSSR count). The first kappa shape index (κ1) is 33.2. The number of rotatable bonds is 17. The van der Waals surface area contributed by atoms with Crippen molar-refractivity contribution in [3.63, 3.8) is 0 Å². The van der Waals surface area contributed by atoms with Gasteiger partial charge in [-0.15, -0.1) is 10.2 Å². The Bertz CT molecular complexity index is 1730. The number of ether oxygens (including phenoxy) is 2. The van der Waals surface area contributed by atoms with E-state index in [-0.39, 0.29) is 0 Å². The van der Waals surface area contributed by atoms with Gasteiger partial charge in [0.1, 0.15) is 22.5 Å². The highest BCUT2D eigenvalue weighted by Gasteiger charge is 2.40. The van der Waals surface area contributed by atoms with Crippen LogP contribution in [0.3, 0.4) is 0 Å². The van der Waals surface area contributed by atoms with Crippen LogP contribution < -0.4 is 9.47 Å². The van der Waals surface area contributed by atoms with Crippen molar-refractivity contribution < 1.29 is 9.47 Å². The lowest BCUT2D eigenvalue weighted by Crippen LogP contribution is -2.42. The zero-order chi connectivity index (χ0) is 33.4. The summed E-state index contributed by atoms with van der Waals surface area (Å²) in [5.74, 6) is 2.66. The molecule has 0 aliphatic rings. The maximum atomic E-state index is 7.04. The summed E-state index contributed by atoms with van der Waals surface area (Å²) in [6, 6.07) is 36.6. The summed E-state index contributed by atoms with van der Waals surface area (Å²) < 4.78 is 18.2. The molecule has 0 N–H and O–H groups in total. The van der Waals surface area contributed by atoms with Gasteiger partial charge in [-0.2, -0.15) is 0 Å². The number of hydrogen-bond acceptors (Lipinski definition) is 6. The van der Waals surface area contributed by atoms with Crippen LogP contribution in [0.2, 0.25) is 0 Å². The molecule has 0 saturated heterocycles. The predicted molar refractivity (Wildman–Crippen MR) is 192 cm³/mol. The molecule has 0 saturated carbocycles. The first-order valence-corrected chi connectivity index (χ1v) is 17.5. The molecule has 8 heteroatoms. The molecule has 2 heterocycles. The van der Waals surface area contributed by atoms with Crippen LogP contribution in [0.5, 0.6) is 11.5 Å². The number of aromatic nitrogens is 6. The smallest absolute Gasteiger partial charge is 0.204 e. The molecule has 6 aromatic rings. The largest absolute Gasteiger partial charge is 0.466 e. The van der Waals surface area contributed by atoms with Crippen LogP contribution in [-0.2, 0) is 11.4 Å². The lowest BCUT2D eigenvalue weighted by Gasteiger charge is -2.37. The van der Waals surface area contributed by atoms with Crippen molar-refractivity contribution in [2.24, 2.45) is 11.8 Å². The molecular weight excluding hydrogens is 596 g/mol. The van der Waals surface area contributed by atoms with Gasteiger partial charge in [0, 0.05) is 25.7 Å². The number of unbranched alkanes of at least 4 members (excludes halogenated alkanes) is 1. The molecule has 0 radical (unpaired) electrons. The third-order valence-corrected chi connectivity index (χ3v) is 9.19. The van der Waals surface area contributed by atoms with Crippen LogP contribution in [0.1, 0.15) is 79.1 Å². The number of benzene rings is 4. The monoisotopic (exact) mass is 644 g/mol. The van der Waals surface area contributed by atoms with E-state index in [0.717, 1.165) is 84.9 Å². The third-order valence-electron chi connectivity index (χ3n) is 9.19. The van der Waals surface area contributed by atoms with Gasteiger partial charge in [-0.3, -0.25) is 0 Å². The van der Waals surface area contributed by atoms with E-state index >= 15 is 0 Å². The highest BCUT2D eigenvalue weighted by Crippen LogP contribution is 2.39. The number of fused-ring (bicyclic) bond motifs is 2. The minimum absolute atomic E-state index is 0.502. The molecule has 2 unspecified atom stereocenters. The van der Waals surface area contributed by atoms with E-state index in [9.17, 15) is 0 Å². The van der Waals surface area contributed by atoms with E-state index in [1.54, 1.807) is 0 Å². The van der Waals surface area contributed by atoms with Crippen molar-refractivity contribution in [2.75, 3.05) is 0 Å². The maximum Gasteiger partial charge on any atom is 0.204 e. The van der Waals surface area contributed by atoms with E-state index in [1.807, 2.05) is 106 Å². The standard InChI is InChI=1S/C40H48N6O2/c1-31(2)25-29-39(47-33-17-7-5-8-18-33,45-37-23-13-11-21-35(37)41-43-45)27-15-16-28-40(30-26-32(3)4,48-34-19-9-6-10-20-34)46-38-24-14-12-22-36(38)42-44-46/h5-14,17-24,31-32H,15-16,25-30H2,1-4H3. The van der Waals surface area contributed by atoms with Gasteiger partial charge in [0.25, 0.3) is 0 Å². The topological polar surface area (TPSA) is 79.9 Å². The fraction of sp³-hybridized carbons (Fsp3) is 0.400. The maximum absolute atomic E-state index is 7.04. The zero-order valence-corrected chi connectivity index (χ0v) is 28.7. The molecular formula is C40H48N6O2. The van der Waals surface area contributed by atoms with Crippen LogP contribution in [0.4, 0.5) is 0 Å². The fourth-order valence-corrected chi connectivity index (χ4v) is 6.55. The van der Waals surface area contributed by atoms with Crippen molar-refractivity contribution in [3.05, 3.63) is 109 Å². The number of hydrogen-bond donors (Lipinski definition) is 0. The Hall–Kier alpha value is -4.72. The summed E-state index contributed by atoms with van der Waals surface area (Å²) in [4.78, 5) is 0. The van der Waals surface area contributed by atoms with Crippen LogP contribution in [0.25, 0.3) is 22.1 Å². The molecule has 250 valence electrons. The summed E-state index contributed by atoms with van der Waals surface area (Å²) in [7, 11) is 0. The fourth-order valence-electron chi connectivity index (χ4n) is 6.55. The summed E-state index contributed by atoms with van der Waals surface area (Å²) >= 11 is 0. The molecule has 0 bridgehead atoms. The molecule has 2 aromatic heterocycles. The minimum atomic E-state index is -0.720. The van der Waals surface area contributed by atoms with Crippen LogP contribution >= 0.6 is 0 Å². The average Bonchev–Trinajstić information content (AvgIpc) is 3.74. The van der Waals surface area contributed by atoms with Crippen molar-refractivity contribution in [3.8, 4) is 11.5 Å². The summed E-state index contributed by atoms with van der Waals surface area (Å²) in [6.45, 7) is 9.05. The van der Waals surface area contributed by atoms with E-state index in [2.05, 4.69) is 50.0 Å². The normalized spacial score (nSPS) is 14.4. The third kappa shape index (κ3) is 7.53. The van der Waals surface area contributed by atoms with Gasteiger partial charge in [0.2, 0.25) is 11.4 Å². The lowest BCUT2D eigenvalue weighted by atomic mass is 9.91. The Labute approximate surface area is 284 Å². The quantitative estimate of drug-likeness (QED) is 0.0920. The molecule has 0 aliphatic heterocycles. The zero-order valence-electron chi connectivity index (χ0n) is 28.7. The molecule has 4 aromatic carbocycles. The Morgan fingerprint density at radius 2 is 0.875 bits per heavy atom. The molecule has 8 nitrogen and oxygen atoms in total. The van der Waals surface area contributed by atoms with Gasteiger partial charge in [0.05, 0.1) is 11.0 Å². The molecule has 0 spiro atoms. The first-order chi connectivity index (χ1) is 23.4. The van der Waals surface area contributed by atoms with Gasteiger partial charge < -0.3 is 9.47 Å². The molecule has 0 fully saturated rings. The SMILES string of the molecule is CC(C)CCC(CCCCC(CCC(C)C)(Oc1ccccc1)n1nnc2ccccc21)(Oc1ccccc1)n1nnc2ccccc21. The van der Waals surface area contributed by atoms with Gasteiger partial charge in [-0.05, 0) is 86.1 Å². The first-order valence-electron chi connectivity index (χ1n) is 17.5. The molecule has 48 heavy (non-hydrogen) atoms. The Morgan fingerprint density at radius 1 is 0.500 bits per heavy atom. The van der Waals surface area contributed by atoms with E-state index in [0.29, 0.717) is 11.8 Å². The van der Waals surface area contributed by atoms with Crippen molar-refractivity contribution in [1.82, 2.24) is 30.0 Å². The van der Waals surface area contributed by atoms with Crippen molar-refractivity contribution >= 4 is 22.1 Å². The van der Waals surface area contributed by atoms with Crippen LogP contribution in [0, 0.1) is 11.8 Å². The summed E-state index contributed by atoms with van der Waals surface area (Å²) in [5.41, 5.74) is 2.25. The minimum Gasteiger partial charge on any atom is -0.466 e. The van der Waals surface area contributed by atoms with Crippen LogP contribution in [-0.4, -0.2) is 30.0 Å². The lowest BCUT2D eigenvalue weighted by molar-refractivity contribution is -0.0537. The highest BCUT2D eigenvalue weighted by atomic mass is 16.5. The van der Waals surface area contributed by atoms with E-state index < -0.39 is 11.4 Å². The van der Waals surface area contributed by atoms with Crippen molar-refractivity contribution in [2.45, 2.75) is 90.5 Å².